The molecule has 268 valence electrons. The van der Waals surface area contributed by atoms with E-state index in [1.54, 1.807) is 0 Å². The van der Waals surface area contributed by atoms with Crippen LogP contribution in [0.5, 0.6) is 0 Å². The molecule has 2 aliphatic carbocycles. The van der Waals surface area contributed by atoms with Crippen LogP contribution in [0.1, 0.15) is 46.8 Å². The number of anilines is 1. The van der Waals surface area contributed by atoms with Crippen molar-refractivity contribution in [3.63, 3.8) is 0 Å². The number of aliphatic imine (C=N–C) groups is 1. The second-order valence-electron chi connectivity index (χ2n) is 14.1. The van der Waals surface area contributed by atoms with E-state index in [0.717, 1.165) is 60.0 Å². The van der Waals surface area contributed by atoms with Crippen molar-refractivity contribution in [1.82, 2.24) is 4.90 Å². The molecule has 3 aliphatic rings. The standard InChI is InChI=1S/C25H29NO2S.C22H18N2/c1-26(2)17-6-3-7-18-29(27,28)24-12-8-10-20-14-15-22-21-11-5-4-9-19(21)13-16-23(22)25(20)24;1-3-7-17(8-4-1)13-21-16-24-22-12-11-19(14-20(22)15-23-21)18-9-5-2-6-10-18/h3-5,7,9-11,13-15,24H,6,8,12,16-18H2,1-2H3;1-12,14-16,24H,13H2/t24-;/m1./s1. The maximum absolute atomic E-state index is 13.3. The fourth-order valence-corrected chi connectivity index (χ4v) is 9.14. The lowest BCUT2D eigenvalue weighted by atomic mass is 9.88. The Morgan fingerprint density at radius 1 is 0.792 bits per heavy atom. The highest BCUT2D eigenvalue weighted by Gasteiger charge is 2.31. The van der Waals surface area contributed by atoms with Gasteiger partial charge in [-0.25, -0.2) is 8.42 Å². The maximum Gasteiger partial charge on any atom is 0.160 e. The zero-order valence-electron chi connectivity index (χ0n) is 30.6. The van der Waals surface area contributed by atoms with Gasteiger partial charge >= 0.3 is 0 Å². The molecular weight excluding hydrogens is 671 g/mol. The van der Waals surface area contributed by atoms with Crippen LogP contribution in [0.4, 0.5) is 5.69 Å². The molecule has 5 nitrogen and oxygen atoms in total. The molecule has 5 aromatic rings. The van der Waals surface area contributed by atoms with E-state index in [9.17, 15) is 8.42 Å². The van der Waals surface area contributed by atoms with Gasteiger partial charge in [0.15, 0.2) is 9.84 Å². The van der Waals surface area contributed by atoms with E-state index in [1.165, 1.54) is 37.9 Å². The number of hydrogen-bond donors (Lipinski definition) is 1. The van der Waals surface area contributed by atoms with Crippen LogP contribution in [0.15, 0.2) is 144 Å². The smallest absolute Gasteiger partial charge is 0.160 e. The Morgan fingerprint density at radius 3 is 2.38 bits per heavy atom. The van der Waals surface area contributed by atoms with Crippen LogP contribution in [0.3, 0.4) is 0 Å². The number of benzene rings is 5. The molecule has 8 rings (SSSR count). The van der Waals surface area contributed by atoms with Gasteiger partial charge in [0.2, 0.25) is 0 Å². The van der Waals surface area contributed by atoms with Crippen LogP contribution in [-0.2, 0) is 22.7 Å². The average molecular weight is 718 g/mol. The normalized spacial score (nSPS) is 15.6. The minimum atomic E-state index is -3.24. The number of nitrogens with one attached hydrogen (secondary N) is 1. The van der Waals surface area contributed by atoms with Crippen LogP contribution >= 0.6 is 0 Å². The highest BCUT2D eigenvalue weighted by Crippen LogP contribution is 2.33. The third kappa shape index (κ3) is 8.68. The topological polar surface area (TPSA) is 61.8 Å². The summed E-state index contributed by atoms with van der Waals surface area (Å²) < 4.78 is 26.6. The summed E-state index contributed by atoms with van der Waals surface area (Å²) in [5.74, 6) is 0.120. The number of fused-ring (bicyclic) bond motifs is 5. The van der Waals surface area contributed by atoms with Crippen LogP contribution in [0, 0.1) is 10.4 Å². The summed E-state index contributed by atoms with van der Waals surface area (Å²) in [4.78, 5) is 6.77. The molecule has 1 atom stereocenters. The van der Waals surface area contributed by atoms with E-state index in [4.69, 9.17) is 0 Å². The number of hydrogen-bond acceptors (Lipinski definition) is 5. The van der Waals surface area contributed by atoms with Crippen molar-refractivity contribution >= 4 is 33.9 Å². The summed E-state index contributed by atoms with van der Waals surface area (Å²) in [6, 6.07) is 39.9. The number of allylic oxidation sites excluding steroid dienone is 1. The lowest BCUT2D eigenvalue weighted by Crippen LogP contribution is -2.28. The van der Waals surface area contributed by atoms with Gasteiger partial charge in [-0.2, -0.15) is 0 Å². The van der Waals surface area contributed by atoms with Gasteiger partial charge in [-0.15, -0.1) is 0 Å². The van der Waals surface area contributed by atoms with Crippen molar-refractivity contribution in [3.8, 4) is 11.1 Å². The van der Waals surface area contributed by atoms with Gasteiger partial charge in [-0.1, -0.05) is 127 Å². The fraction of sp³-hybridized carbons (Fsp3) is 0.213. The summed E-state index contributed by atoms with van der Waals surface area (Å²) >= 11 is 0. The fourth-order valence-electron chi connectivity index (χ4n) is 7.37. The van der Waals surface area contributed by atoms with Gasteiger partial charge in [0.1, 0.15) is 0 Å². The Kier molecular flexibility index (Phi) is 11.3. The molecule has 1 heterocycles. The molecule has 1 aliphatic heterocycles. The molecule has 0 saturated carbocycles. The molecule has 1 N–H and O–H groups in total. The quantitative estimate of drug-likeness (QED) is 0.157. The van der Waals surface area contributed by atoms with Crippen molar-refractivity contribution in [3.05, 3.63) is 182 Å². The monoisotopic (exact) mass is 717 g/mol. The average Bonchev–Trinajstić information content (AvgIpc) is 3.39. The first-order valence-corrected chi connectivity index (χ1v) is 20.2. The molecular formula is C47H47N3O2S. The van der Waals surface area contributed by atoms with Crippen molar-refractivity contribution in [2.45, 2.75) is 37.4 Å². The summed E-state index contributed by atoms with van der Waals surface area (Å²) in [6.45, 7) is 0.931. The summed E-state index contributed by atoms with van der Waals surface area (Å²) in [7, 11) is 0.810. The third-order valence-electron chi connectivity index (χ3n) is 10.1. The molecule has 0 spiro atoms. The molecule has 6 heteroatoms. The van der Waals surface area contributed by atoms with Gasteiger partial charge in [0.05, 0.1) is 16.7 Å². The van der Waals surface area contributed by atoms with Crippen LogP contribution in [0.25, 0.3) is 23.3 Å². The Morgan fingerprint density at radius 2 is 1.57 bits per heavy atom. The first-order valence-electron chi connectivity index (χ1n) is 18.5. The van der Waals surface area contributed by atoms with Gasteiger partial charge in [-0.3, -0.25) is 4.99 Å². The number of sulfone groups is 1. The molecule has 0 unspecified atom stereocenters. The van der Waals surface area contributed by atoms with E-state index >= 15 is 0 Å². The van der Waals surface area contributed by atoms with Crippen molar-refractivity contribution < 1.29 is 8.42 Å². The molecule has 0 radical (unpaired) electrons. The lowest BCUT2D eigenvalue weighted by Gasteiger charge is -2.25. The Labute approximate surface area is 313 Å². The molecule has 0 saturated heterocycles. The third-order valence-corrected chi connectivity index (χ3v) is 12.1. The Balaban J connectivity index is 0.000000167. The highest BCUT2D eigenvalue weighted by molar-refractivity contribution is 7.91. The number of nitrogens with zero attached hydrogens (tertiary/aromatic N) is 2. The zero-order chi connectivity index (χ0) is 36.6. The maximum atomic E-state index is 13.3. The van der Waals surface area contributed by atoms with Crippen LogP contribution in [0.2, 0.25) is 0 Å². The largest absolute Gasteiger partial charge is 0.359 e. The van der Waals surface area contributed by atoms with Crippen molar-refractivity contribution in [1.29, 1.82) is 0 Å². The summed E-state index contributed by atoms with van der Waals surface area (Å²) in [5, 5.41) is 7.73. The van der Waals surface area contributed by atoms with Crippen LogP contribution < -0.4 is 15.8 Å². The van der Waals surface area contributed by atoms with Crippen LogP contribution in [-0.4, -0.2) is 45.9 Å². The minimum absolute atomic E-state index is 0.120. The first-order chi connectivity index (χ1) is 25.9. The Hall–Kier alpha value is -5.30. The van der Waals surface area contributed by atoms with E-state index in [1.807, 2.05) is 50.8 Å². The van der Waals surface area contributed by atoms with Gasteiger partial charge in [0, 0.05) is 36.6 Å². The van der Waals surface area contributed by atoms with E-state index in [-0.39, 0.29) is 5.75 Å². The van der Waals surface area contributed by atoms with Gasteiger partial charge in [-0.05, 0) is 101 Å². The molecule has 0 aromatic heterocycles. The van der Waals surface area contributed by atoms with E-state index in [2.05, 4.69) is 130 Å². The SMILES string of the molecule is C1=NC(Cc2ccccc2)=CNc2ccc(-c3ccccc3)cc21.CN(C)CCC=CCS(=O)(=O)[C@@H]1CCC=c2ccc3c(c21)CC=c1ccccc1=3. The second-order valence-corrected chi connectivity index (χ2v) is 16.3. The molecule has 53 heavy (non-hydrogen) atoms. The molecule has 0 fully saturated rings. The molecule has 0 bridgehead atoms. The van der Waals surface area contributed by atoms with E-state index < -0.39 is 15.1 Å². The van der Waals surface area contributed by atoms with E-state index in [0.29, 0.717) is 6.42 Å². The zero-order valence-corrected chi connectivity index (χ0v) is 31.4. The number of rotatable bonds is 9. The summed E-state index contributed by atoms with van der Waals surface area (Å²) in [6.07, 6.45) is 16.2. The van der Waals surface area contributed by atoms with Crippen molar-refractivity contribution in [2.24, 2.45) is 4.99 Å². The first kappa shape index (κ1) is 36.1. The predicted molar refractivity (Wildman–Crippen MR) is 222 cm³/mol. The van der Waals surface area contributed by atoms with Gasteiger partial charge < -0.3 is 10.2 Å². The second kappa shape index (κ2) is 16.6. The lowest BCUT2D eigenvalue weighted by molar-refractivity contribution is 0.417. The predicted octanol–water partition coefficient (Wildman–Crippen LogP) is 8.13. The minimum Gasteiger partial charge on any atom is -0.359 e. The molecule has 0 amide bonds. The Bertz CT molecular complexity index is 2500. The van der Waals surface area contributed by atoms with Gasteiger partial charge in [0.25, 0.3) is 0 Å². The van der Waals surface area contributed by atoms with Crippen molar-refractivity contribution in [2.75, 3.05) is 31.7 Å². The highest BCUT2D eigenvalue weighted by atomic mass is 32.2. The molecule has 5 aromatic carbocycles. The summed E-state index contributed by atoms with van der Waals surface area (Å²) in [5.41, 5.74) is 9.14.